The number of aliphatic hydroxyl groups excluding tert-OH is 5. The van der Waals surface area contributed by atoms with E-state index in [2.05, 4.69) is 26.0 Å². The number of esters is 1. The van der Waals surface area contributed by atoms with Crippen LogP contribution in [0, 0.1) is 0 Å². The van der Waals surface area contributed by atoms with Gasteiger partial charge in [0.15, 0.2) is 0 Å². The number of allylic oxidation sites excluding steroid dienone is 2. The number of hydrogen-bond donors (Lipinski definition) is 6. The molecule has 0 aromatic rings. The van der Waals surface area contributed by atoms with E-state index >= 15 is 0 Å². The number of aliphatic hydroxyl groups is 5. The van der Waals surface area contributed by atoms with Crippen LogP contribution in [0.4, 0.5) is 0 Å². The van der Waals surface area contributed by atoms with Crippen LogP contribution in [0.1, 0.15) is 181 Å². The van der Waals surface area contributed by atoms with Crippen LogP contribution in [0.25, 0.3) is 0 Å². The molecule has 0 aromatic heterocycles. The standard InChI is InChI=1S/C41H79O12P/c1-3-5-7-9-11-13-14-15-16-17-18-19-20-21-23-25-27-29-31-50-32-34(52-35(42)30-28-26-24-22-12-10-8-6-4-2)33-51-54(48,49)53-41-39(46)37(44)36(43)38(45)40(41)47/h15-16,34,36-41,43-47H,3-14,17-33H2,1-2H3,(H,48,49)/b16-15-. The van der Waals surface area contributed by atoms with Crippen molar-refractivity contribution in [2.45, 2.75) is 224 Å². The molecule has 320 valence electrons. The Morgan fingerprint density at radius 3 is 1.46 bits per heavy atom. The molecule has 13 heteroatoms. The van der Waals surface area contributed by atoms with Gasteiger partial charge < -0.3 is 39.9 Å². The topological polar surface area (TPSA) is 192 Å². The molecule has 1 saturated carbocycles. The van der Waals surface area contributed by atoms with Crippen LogP contribution in [0.2, 0.25) is 0 Å². The average molecular weight is 795 g/mol. The van der Waals surface area contributed by atoms with E-state index in [0.29, 0.717) is 13.0 Å². The summed E-state index contributed by atoms with van der Waals surface area (Å²) in [6.07, 6.45) is 21.6. The molecular formula is C41H79O12P. The summed E-state index contributed by atoms with van der Waals surface area (Å²) in [4.78, 5) is 23.0. The number of carbonyl (C=O) groups is 1. The molecule has 0 saturated heterocycles. The highest BCUT2D eigenvalue weighted by Gasteiger charge is 2.51. The fraction of sp³-hybridized carbons (Fsp3) is 0.927. The maximum Gasteiger partial charge on any atom is 0.472 e. The third-order valence-corrected chi connectivity index (χ3v) is 11.1. The number of ether oxygens (including phenoxy) is 2. The van der Waals surface area contributed by atoms with E-state index in [-0.39, 0.29) is 13.0 Å². The average Bonchev–Trinajstić information content (AvgIpc) is 3.15. The second kappa shape index (κ2) is 33.1. The first-order valence-corrected chi connectivity index (χ1v) is 23.0. The van der Waals surface area contributed by atoms with Crippen LogP contribution < -0.4 is 0 Å². The summed E-state index contributed by atoms with van der Waals surface area (Å²) in [5.74, 6) is -0.480. The highest BCUT2D eigenvalue weighted by Crippen LogP contribution is 2.47. The van der Waals surface area contributed by atoms with Crippen LogP contribution in [-0.4, -0.2) is 98.9 Å². The van der Waals surface area contributed by atoms with E-state index in [4.69, 9.17) is 18.5 Å². The molecule has 0 bridgehead atoms. The minimum Gasteiger partial charge on any atom is -0.457 e. The van der Waals surface area contributed by atoms with Gasteiger partial charge in [0.25, 0.3) is 0 Å². The van der Waals surface area contributed by atoms with Gasteiger partial charge in [-0.3, -0.25) is 13.8 Å². The highest BCUT2D eigenvalue weighted by atomic mass is 31.2. The summed E-state index contributed by atoms with van der Waals surface area (Å²) in [5, 5.41) is 50.0. The molecule has 0 heterocycles. The van der Waals surface area contributed by atoms with Crippen LogP contribution in [0.5, 0.6) is 0 Å². The lowest BCUT2D eigenvalue weighted by Gasteiger charge is -2.41. The first kappa shape index (κ1) is 51.1. The van der Waals surface area contributed by atoms with Crippen molar-refractivity contribution in [2.75, 3.05) is 19.8 Å². The number of carbonyl (C=O) groups excluding carboxylic acids is 1. The molecule has 1 aliphatic rings. The molecule has 12 nitrogen and oxygen atoms in total. The van der Waals surface area contributed by atoms with Crippen molar-refractivity contribution in [1.82, 2.24) is 0 Å². The quantitative estimate of drug-likeness (QED) is 0.0155. The van der Waals surface area contributed by atoms with Crippen molar-refractivity contribution in [3.63, 3.8) is 0 Å². The number of unbranched alkanes of at least 4 members (excludes halogenated alkanes) is 22. The van der Waals surface area contributed by atoms with Crippen molar-refractivity contribution in [3.8, 4) is 0 Å². The molecule has 0 radical (unpaired) electrons. The van der Waals surface area contributed by atoms with Crippen molar-refractivity contribution in [1.29, 1.82) is 0 Å². The molecule has 1 fully saturated rings. The van der Waals surface area contributed by atoms with Crippen molar-refractivity contribution < 1.29 is 58.3 Å². The van der Waals surface area contributed by atoms with E-state index in [1.807, 2.05) is 0 Å². The highest BCUT2D eigenvalue weighted by molar-refractivity contribution is 7.47. The fourth-order valence-corrected chi connectivity index (χ4v) is 7.62. The van der Waals surface area contributed by atoms with Gasteiger partial charge in [-0.1, -0.05) is 148 Å². The Labute approximate surface area is 327 Å². The van der Waals surface area contributed by atoms with Crippen molar-refractivity contribution in [3.05, 3.63) is 12.2 Å². The molecule has 0 aliphatic heterocycles. The largest absolute Gasteiger partial charge is 0.472 e. The van der Waals surface area contributed by atoms with Crippen molar-refractivity contribution in [2.24, 2.45) is 0 Å². The summed E-state index contributed by atoms with van der Waals surface area (Å²) in [6, 6.07) is 0. The molecule has 6 N–H and O–H groups in total. The Morgan fingerprint density at radius 1 is 0.574 bits per heavy atom. The molecule has 0 spiro atoms. The SMILES string of the molecule is CCCCCCCC/C=C\CCCCCCCCCCOCC(COP(=O)(O)OC1C(O)C(O)C(O)C(O)C1O)OC(=O)CCCCCCCCCCC. The Bertz CT molecular complexity index is 952. The van der Waals surface area contributed by atoms with Crippen molar-refractivity contribution >= 4 is 13.8 Å². The smallest absolute Gasteiger partial charge is 0.457 e. The minimum absolute atomic E-state index is 0.0742. The summed E-state index contributed by atoms with van der Waals surface area (Å²) >= 11 is 0. The van der Waals surface area contributed by atoms with Crippen LogP contribution >= 0.6 is 7.82 Å². The minimum atomic E-state index is -5.00. The Balaban J connectivity index is 2.37. The summed E-state index contributed by atoms with van der Waals surface area (Å²) in [5.41, 5.74) is 0. The number of phosphoric ester groups is 1. The zero-order chi connectivity index (χ0) is 39.9. The number of hydrogen-bond acceptors (Lipinski definition) is 11. The monoisotopic (exact) mass is 795 g/mol. The predicted octanol–water partition coefficient (Wildman–Crippen LogP) is 7.97. The fourth-order valence-electron chi connectivity index (χ4n) is 6.64. The number of rotatable bonds is 36. The van der Waals surface area contributed by atoms with Gasteiger partial charge in [-0.25, -0.2) is 4.57 Å². The molecule has 6 atom stereocenters. The Morgan fingerprint density at radius 2 is 0.981 bits per heavy atom. The van der Waals surface area contributed by atoms with E-state index in [9.17, 15) is 39.8 Å². The lowest BCUT2D eigenvalue weighted by molar-refractivity contribution is -0.220. The van der Waals surface area contributed by atoms with E-state index in [1.54, 1.807) is 0 Å². The maximum atomic E-state index is 12.8. The molecule has 1 rings (SSSR count). The van der Waals surface area contributed by atoms with E-state index in [0.717, 1.165) is 38.5 Å². The maximum absolute atomic E-state index is 12.8. The van der Waals surface area contributed by atoms with Gasteiger partial charge >= 0.3 is 13.8 Å². The summed E-state index contributed by atoms with van der Waals surface area (Å²) in [7, 11) is -5.00. The Hall–Kier alpha value is -0.920. The van der Waals surface area contributed by atoms with Crippen LogP contribution in [0.3, 0.4) is 0 Å². The van der Waals surface area contributed by atoms with E-state index < -0.39 is 63.1 Å². The van der Waals surface area contributed by atoms with Gasteiger partial charge in [-0.05, 0) is 38.5 Å². The summed E-state index contributed by atoms with van der Waals surface area (Å²) in [6.45, 7) is 4.22. The van der Waals surface area contributed by atoms with Crippen LogP contribution in [-0.2, 0) is 27.9 Å². The molecule has 6 unspecified atom stereocenters. The number of phosphoric acid groups is 1. The first-order chi connectivity index (χ1) is 26.0. The summed E-state index contributed by atoms with van der Waals surface area (Å²) < 4.78 is 34.0. The normalized spacial score (nSPS) is 23.5. The molecule has 1 aliphatic carbocycles. The zero-order valence-corrected chi connectivity index (χ0v) is 34.7. The van der Waals surface area contributed by atoms with Gasteiger partial charge in [0, 0.05) is 13.0 Å². The third kappa shape index (κ3) is 25.4. The molecule has 0 aromatic carbocycles. The van der Waals surface area contributed by atoms with E-state index in [1.165, 1.54) is 116 Å². The molecular weight excluding hydrogens is 715 g/mol. The van der Waals surface area contributed by atoms with Gasteiger partial charge in [0.05, 0.1) is 13.2 Å². The first-order valence-electron chi connectivity index (χ1n) is 21.5. The Kier molecular flexibility index (Phi) is 31.3. The molecule has 0 amide bonds. The molecule has 54 heavy (non-hydrogen) atoms. The van der Waals surface area contributed by atoms with Gasteiger partial charge in [-0.2, -0.15) is 0 Å². The van der Waals surface area contributed by atoms with Gasteiger partial charge in [0.1, 0.15) is 42.7 Å². The van der Waals surface area contributed by atoms with Gasteiger partial charge in [0.2, 0.25) is 0 Å². The lowest BCUT2D eigenvalue weighted by Crippen LogP contribution is -2.64. The second-order valence-corrected chi connectivity index (χ2v) is 16.6. The van der Waals surface area contributed by atoms with Gasteiger partial charge in [-0.15, -0.1) is 0 Å². The third-order valence-electron chi connectivity index (χ3n) is 10.1. The lowest BCUT2D eigenvalue weighted by atomic mass is 9.85. The second-order valence-electron chi connectivity index (χ2n) is 15.2. The predicted molar refractivity (Wildman–Crippen MR) is 212 cm³/mol. The van der Waals surface area contributed by atoms with Crippen LogP contribution in [0.15, 0.2) is 12.2 Å². The zero-order valence-electron chi connectivity index (χ0n) is 33.8.